The normalized spacial score (nSPS) is 13.0. The third-order valence-corrected chi connectivity index (χ3v) is 2.22. The Morgan fingerprint density at radius 1 is 1.36 bits per heavy atom. The zero-order valence-electron chi connectivity index (χ0n) is 7.40. The first-order valence-corrected chi connectivity index (χ1v) is 4.82. The number of halogens is 1. The molecule has 0 rings (SSSR count). The Morgan fingerprint density at radius 3 is 2.45 bits per heavy atom. The van der Waals surface area contributed by atoms with E-state index in [-0.39, 0.29) is 11.2 Å². The van der Waals surface area contributed by atoms with Gasteiger partial charge in [-0.15, -0.1) is 11.6 Å². The molecule has 1 nitrogen and oxygen atoms in total. The first-order chi connectivity index (χ1) is 5.22. The number of alkyl halides is 1. The van der Waals surface area contributed by atoms with Crippen LogP contribution >= 0.6 is 11.6 Å². The van der Waals surface area contributed by atoms with Gasteiger partial charge in [-0.2, -0.15) is 0 Å². The number of Topliss-reactive ketones (excluding diaryl/α,β-unsaturated/α-hetero) is 1. The minimum absolute atomic E-state index is 0.183. The third-order valence-electron chi connectivity index (χ3n) is 1.76. The Hall–Kier alpha value is -0.0400. The molecular weight excluding hydrogens is 160 g/mol. The number of rotatable bonds is 6. The molecule has 0 aliphatic rings. The number of carbonyl (C=O) groups is 1. The summed E-state index contributed by atoms with van der Waals surface area (Å²) >= 11 is 5.82. The second-order valence-corrected chi connectivity index (χ2v) is 3.31. The number of ketones is 1. The van der Waals surface area contributed by atoms with Gasteiger partial charge in [-0.1, -0.05) is 33.1 Å². The zero-order chi connectivity index (χ0) is 8.69. The molecular formula is C9H17ClO. The topological polar surface area (TPSA) is 17.1 Å². The van der Waals surface area contributed by atoms with Crippen LogP contribution in [-0.4, -0.2) is 11.2 Å². The summed E-state index contributed by atoms with van der Waals surface area (Å²) in [6.45, 7) is 4.00. The molecule has 0 aromatic rings. The maximum absolute atomic E-state index is 11.0. The molecule has 0 N–H and O–H groups in total. The molecule has 66 valence electrons. The largest absolute Gasteiger partial charge is 0.298 e. The van der Waals surface area contributed by atoms with Crippen LogP contribution in [0.25, 0.3) is 0 Å². The molecule has 0 spiro atoms. The standard InChI is InChI=1S/C9H17ClO/c1-3-5-6-7-8(10)9(11)4-2/h8H,3-7H2,1-2H3. The highest BCUT2D eigenvalue weighted by Crippen LogP contribution is 2.11. The van der Waals surface area contributed by atoms with E-state index in [0.717, 1.165) is 12.8 Å². The molecule has 0 aliphatic carbocycles. The van der Waals surface area contributed by atoms with Crippen LogP contribution in [-0.2, 0) is 4.79 Å². The lowest BCUT2D eigenvalue weighted by atomic mass is 10.1. The van der Waals surface area contributed by atoms with E-state index < -0.39 is 0 Å². The van der Waals surface area contributed by atoms with Crippen molar-refractivity contribution in [1.29, 1.82) is 0 Å². The molecule has 2 heteroatoms. The highest BCUT2D eigenvalue weighted by atomic mass is 35.5. The lowest BCUT2D eigenvalue weighted by molar-refractivity contribution is -0.118. The number of hydrogen-bond acceptors (Lipinski definition) is 1. The van der Waals surface area contributed by atoms with Crippen molar-refractivity contribution in [2.24, 2.45) is 0 Å². The van der Waals surface area contributed by atoms with Crippen LogP contribution in [0.2, 0.25) is 0 Å². The highest BCUT2D eigenvalue weighted by molar-refractivity contribution is 6.31. The van der Waals surface area contributed by atoms with Gasteiger partial charge in [0.25, 0.3) is 0 Å². The molecule has 0 aromatic heterocycles. The quantitative estimate of drug-likeness (QED) is 0.449. The summed E-state index contributed by atoms with van der Waals surface area (Å²) in [7, 11) is 0. The van der Waals surface area contributed by atoms with Gasteiger partial charge in [-0.3, -0.25) is 4.79 Å². The Bertz CT molecular complexity index is 112. The molecule has 0 bridgehead atoms. The summed E-state index contributed by atoms with van der Waals surface area (Å²) in [5.74, 6) is 0.183. The Kier molecular flexibility index (Phi) is 6.63. The van der Waals surface area contributed by atoms with E-state index >= 15 is 0 Å². The Labute approximate surface area is 74.1 Å². The summed E-state index contributed by atoms with van der Waals surface area (Å²) in [6.07, 6.45) is 4.86. The van der Waals surface area contributed by atoms with Crippen LogP contribution in [0.3, 0.4) is 0 Å². The van der Waals surface area contributed by atoms with E-state index in [9.17, 15) is 4.79 Å². The van der Waals surface area contributed by atoms with Crippen molar-refractivity contribution in [1.82, 2.24) is 0 Å². The SMILES string of the molecule is CCCCCC(Cl)C(=O)CC. The lowest BCUT2D eigenvalue weighted by Gasteiger charge is -2.04. The van der Waals surface area contributed by atoms with Crippen LogP contribution in [0, 0.1) is 0 Å². The molecule has 0 aliphatic heterocycles. The van der Waals surface area contributed by atoms with Crippen molar-refractivity contribution in [2.75, 3.05) is 0 Å². The molecule has 0 saturated heterocycles. The lowest BCUT2D eigenvalue weighted by Crippen LogP contribution is -2.12. The molecule has 0 heterocycles. The van der Waals surface area contributed by atoms with E-state index in [1.165, 1.54) is 12.8 Å². The van der Waals surface area contributed by atoms with Crippen molar-refractivity contribution >= 4 is 17.4 Å². The number of unbranched alkanes of at least 4 members (excludes halogenated alkanes) is 2. The van der Waals surface area contributed by atoms with Crippen LogP contribution in [0.15, 0.2) is 0 Å². The average molecular weight is 177 g/mol. The van der Waals surface area contributed by atoms with Gasteiger partial charge in [0.1, 0.15) is 5.78 Å². The highest BCUT2D eigenvalue weighted by Gasteiger charge is 2.11. The minimum Gasteiger partial charge on any atom is -0.298 e. The fraction of sp³-hybridized carbons (Fsp3) is 0.889. The molecule has 11 heavy (non-hydrogen) atoms. The van der Waals surface area contributed by atoms with Crippen LogP contribution in [0.4, 0.5) is 0 Å². The van der Waals surface area contributed by atoms with Gasteiger partial charge in [-0.05, 0) is 6.42 Å². The van der Waals surface area contributed by atoms with Gasteiger partial charge in [0.15, 0.2) is 0 Å². The number of carbonyl (C=O) groups excluding carboxylic acids is 1. The van der Waals surface area contributed by atoms with E-state index in [2.05, 4.69) is 6.92 Å². The predicted octanol–water partition coefficient (Wildman–Crippen LogP) is 3.15. The van der Waals surface area contributed by atoms with E-state index in [1.807, 2.05) is 6.92 Å². The average Bonchev–Trinajstić information content (AvgIpc) is 2.03. The first kappa shape index (κ1) is 11.0. The third kappa shape index (κ3) is 5.25. The molecule has 0 amide bonds. The van der Waals surface area contributed by atoms with Gasteiger partial charge in [-0.25, -0.2) is 0 Å². The zero-order valence-corrected chi connectivity index (χ0v) is 8.16. The Morgan fingerprint density at radius 2 is 2.00 bits per heavy atom. The maximum Gasteiger partial charge on any atom is 0.150 e. The Balaban J connectivity index is 3.36. The summed E-state index contributed by atoms with van der Waals surface area (Å²) in [6, 6.07) is 0. The molecule has 1 atom stereocenters. The van der Waals surface area contributed by atoms with Gasteiger partial charge >= 0.3 is 0 Å². The van der Waals surface area contributed by atoms with E-state index in [0.29, 0.717) is 6.42 Å². The van der Waals surface area contributed by atoms with Crippen molar-refractivity contribution in [3.05, 3.63) is 0 Å². The van der Waals surface area contributed by atoms with Gasteiger partial charge < -0.3 is 0 Å². The van der Waals surface area contributed by atoms with Crippen molar-refractivity contribution in [3.63, 3.8) is 0 Å². The molecule has 1 unspecified atom stereocenters. The summed E-state index contributed by atoms with van der Waals surface area (Å²) in [4.78, 5) is 11.0. The van der Waals surface area contributed by atoms with Gasteiger partial charge in [0, 0.05) is 6.42 Å². The summed E-state index contributed by atoms with van der Waals surface area (Å²) in [5.41, 5.74) is 0. The van der Waals surface area contributed by atoms with E-state index in [4.69, 9.17) is 11.6 Å². The first-order valence-electron chi connectivity index (χ1n) is 4.39. The number of hydrogen-bond donors (Lipinski definition) is 0. The molecule has 0 fully saturated rings. The molecule has 0 saturated carbocycles. The monoisotopic (exact) mass is 176 g/mol. The maximum atomic E-state index is 11.0. The van der Waals surface area contributed by atoms with Gasteiger partial charge in [0.05, 0.1) is 5.38 Å². The van der Waals surface area contributed by atoms with Gasteiger partial charge in [0.2, 0.25) is 0 Å². The predicted molar refractivity (Wildman–Crippen MR) is 49.1 cm³/mol. The molecule has 0 radical (unpaired) electrons. The minimum atomic E-state index is -0.230. The van der Waals surface area contributed by atoms with Crippen molar-refractivity contribution in [2.45, 2.75) is 51.3 Å². The summed E-state index contributed by atoms with van der Waals surface area (Å²) in [5, 5.41) is -0.230. The van der Waals surface area contributed by atoms with Crippen LogP contribution < -0.4 is 0 Å². The smallest absolute Gasteiger partial charge is 0.150 e. The van der Waals surface area contributed by atoms with E-state index in [1.54, 1.807) is 0 Å². The summed E-state index contributed by atoms with van der Waals surface area (Å²) < 4.78 is 0. The van der Waals surface area contributed by atoms with Crippen molar-refractivity contribution < 1.29 is 4.79 Å². The van der Waals surface area contributed by atoms with Crippen LogP contribution in [0.1, 0.15) is 46.0 Å². The fourth-order valence-electron chi connectivity index (χ4n) is 0.956. The second-order valence-electron chi connectivity index (χ2n) is 2.78. The fourth-order valence-corrected chi connectivity index (χ4v) is 1.26. The van der Waals surface area contributed by atoms with Crippen LogP contribution in [0.5, 0.6) is 0 Å². The molecule has 0 aromatic carbocycles. The second kappa shape index (κ2) is 6.66. The van der Waals surface area contributed by atoms with Crippen molar-refractivity contribution in [3.8, 4) is 0 Å².